The Labute approximate surface area is 124 Å². The highest BCUT2D eigenvalue weighted by atomic mass is 16.2. The van der Waals surface area contributed by atoms with Crippen molar-refractivity contribution in [3.63, 3.8) is 0 Å². The molecule has 2 aromatic carbocycles. The zero-order valence-electron chi connectivity index (χ0n) is 11.9. The van der Waals surface area contributed by atoms with Gasteiger partial charge < -0.3 is 10.0 Å². The van der Waals surface area contributed by atoms with Crippen molar-refractivity contribution >= 4 is 11.6 Å². The molecule has 1 amide bonds. The molecule has 2 rings (SSSR count). The number of carbonyl (C=O) groups is 1. The van der Waals surface area contributed by atoms with Crippen molar-refractivity contribution in [2.24, 2.45) is 0 Å². The molecule has 21 heavy (non-hydrogen) atoms. The Bertz CT molecular complexity index is 651. The van der Waals surface area contributed by atoms with Gasteiger partial charge in [-0.05, 0) is 36.4 Å². The molecule has 0 saturated heterocycles. The average Bonchev–Trinajstić information content (AvgIpc) is 2.55. The number of anilines is 1. The Morgan fingerprint density at radius 3 is 2.38 bits per heavy atom. The van der Waals surface area contributed by atoms with Crippen LogP contribution in [-0.4, -0.2) is 24.7 Å². The number of para-hydroxylation sites is 1. The number of carbonyl (C=O) groups excluding carboxylic acids is 1. The van der Waals surface area contributed by atoms with Gasteiger partial charge in [0.25, 0.3) is 5.91 Å². The highest BCUT2D eigenvalue weighted by Crippen LogP contribution is 2.15. The van der Waals surface area contributed by atoms with Crippen molar-refractivity contribution in [2.45, 2.75) is 6.42 Å². The van der Waals surface area contributed by atoms with E-state index in [-0.39, 0.29) is 12.5 Å². The monoisotopic (exact) mass is 279 g/mol. The molecule has 0 saturated carbocycles. The van der Waals surface area contributed by atoms with E-state index in [0.717, 1.165) is 11.3 Å². The normalized spacial score (nSPS) is 9.62. The average molecular weight is 279 g/mol. The van der Waals surface area contributed by atoms with Crippen LogP contribution in [-0.2, 0) is 0 Å². The van der Waals surface area contributed by atoms with Crippen LogP contribution in [0.25, 0.3) is 0 Å². The van der Waals surface area contributed by atoms with Crippen molar-refractivity contribution in [2.75, 3.05) is 18.6 Å². The molecule has 0 aliphatic rings. The van der Waals surface area contributed by atoms with Crippen LogP contribution in [0.15, 0.2) is 54.6 Å². The van der Waals surface area contributed by atoms with Crippen LogP contribution in [0.4, 0.5) is 5.69 Å². The molecule has 0 aromatic heterocycles. The van der Waals surface area contributed by atoms with Crippen LogP contribution in [0.5, 0.6) is 0 Å². The number of hydrogen-bond acceptors (Lipinski definition) is 2. The number of nitrogens with zero attached hydrogens (tertiary/aromatic N) is 1. The smallest absolute Gasteiger partial charge is 0.258 e. The molecule has 0 radical (unpaired) electrons. The minimum absolute atomic E-state index is 0.0592. The Kier molecular flexibility index (Phi) is 5.14. The second kappa shape index (κ2) is 7.28. The topological polar surface area (TPSA) is 40.5 Å². The summed E-state index contributed by atoms with van der Waals surface area (Å²) in [7, 11) is 1.76. The lowest BCUT2D eigenvalue weighted by molar-refractivity contribution is 0.0993. The number of hydrogen-bond donors (Lipinski definition) is 1. The summed E-state index contributed by atoms with van der Waals surface area (Å²) in [6.45, 7) is 0.0610. The zero-order valence-corrected chi connectivity index (χ0v) is 11.9. The maximum Gasteiger partial charge on any atom is 0.258 e. The van der Waals surface area contributed by atoms with Crippen molar-refractivity contribution < 1.29 is 9.90 Å². The third-order valence-electron chi connectivity index (χ3n) is 3.05. The Morgan fingerprint density at radius 1 is 1.10 bits per heavy atom. The van der Waals surface area contributed by atoms with E-state index >= 15 is 0 Å². The van der Waals surface area contributed by atoms with Gasteiger partial charge in [-0.3, -0.25) is 4.79 Å². The molecule has 3 nitrogen and oxygen atoms in total. The van der Waals surface area contributed by atoms with E-state index < -0.39 is 0 Å². The highest BCUT2D eigenvalue weighted by molar-refractivity contribution is 6.05. The third-order valence-corrected chi connectivity index (χ3v) is 3.05. The molecule has 0 aliphatic carbocycles. The number of amides is 1. The van der Waals surface area contributed by atoms with E-state index in [4.69, 9.17) is 5.11 Å². The first-order chi connectivity index (χ1) is 10.2. The van der Waals surface area contributed by atoms with E-state index in [9.17, 15) is 4.79 Å². The summed E-state index contributed by atoms with van der Waals surface area (Å²) in [4.78, 5) is 14.0. The summed E-state index contributed by atoms with van der Waals surface area (Å²) in [6.07, 6.45) is 0.456. The lowest BCUT2D eigenvalue weighted by Gasteiger charge is -2.17. The summed E-state index contributed by atoms with van der Waals surface area (Å²) in [5, 5.41) is 8.68. The summed E-state index contributed by atoms with van der Waals surface area (Å²) in [5.74, 6) is 5.73. The molecule has 0 aliphatic heterocycles. The van der Waals surface area contributed by atoms with Crippen molar-refractivity contribution in [3.05, 3.63) is 65.7 Å². The lowest BCUT2D eigenvalue weighted by Crippen LogP contribution is -2.26. The first-order valence-corrected chi connectivity index (χ1v) is 6.75. The third kappa shape index (κ3) is 3.95. The summed E-state index contributed by atoms with van der Waals surface area (Å²) >= 11 is 0. The van der Waals surface area contributed by atoms with Crippen LogP contribution in [0.1, 0.15) is 22.3 Å². The van der Waals surface area contributed by atoms with Gasteiger partial charge in [-0.1, -0.05) is 30.0 Å². The van der Waals surface area contributed by atoms with Crippen LogP contribution in [0, 0.1) is 11.8 Å². The molecule has 106 valence electrons. The van der Waals surface area contributed by atoms with Gasteiger partial charge in [0.2, 0.25) is 0 Å². The first-order valence-electron chi connectivity index (χ1n) is 6.75. The molecule has 0 unspecified atom stereocenters. The van der Waals surface area contributed by atoms with Crippen molar-refractivity contribution in [1.29, 1.82) is 0 Å². The zero-order chi connectivity index (χ0) is 15.1. The SMILES string of the molecule is CN(C(=O)c1ccc(C#CCCO)cc1)c1ccccc1. The summed E-state index contributed by atoms with van der Waals surface area (Å²) in [5.41, 5.74) is 2.31. The number of benzene rings is 2. The fourth-order valence-corrected chi connectivity index (χ4v) is 1.88. The van der Waals surface area contributed by atoms with Crippen LogP contribution in [0.3, 0.4) is 0 Å². The van der Waals surface area contributed by atoms with Gasteiger partial charge in [-0.25, -0.2) is 0 Å². The highest BCUT2D eigenvalue weighted by Gasteiger charge is 2.12. The standard InChI is InChI=1S/C18H17NO2/c1-19(17-8-3-2-4-9-17)18(21)16-12-10-15(11-13-16)7-5-6-14-20/h2-4,8-13,20H,6,14H2,1H3. The fraction of sp³-hybridized carbons (Fsp3) is 0.167. The van der Waals surface area contributed by atoms with Gasteiger partial charge in [0.1, 0.15) is 0 Å². The minimum Gasteiger partial charge on any atom is -0.395 e. The second-order valence-corrected chi connectivity index (χ2v) is 4.55. The second-order valence-electron chi connectivity index (χ2n) is 4.55. The molecular formula is C18H17NO2. The van der Waals surface area contributed by atoms with Crippen LogP contribution >= 0.6 is 0 Å². The Hall–Kier alpha value is -2.57. The molecule has 2 aromatic rings. The predicted octanol–water partition coefficient (Wildman–Crippen LogP) is 2.70. The minimum atomic E-state index is -0.0592. The molecule has 0 fully saturated rings. The quantitative estimate of drug-likeness (QED) is 0.878. The van der Waals surface area contributed by atoms with E-state index in [1.54, 1.807) is 24.1 Å². The van der Waals surface area contributed by atoms with E-state index in [0.29, 0.717) is 12.0 Å². The van der Waals surface area contributed by atoms with Crippen LogP contribution < -0.4 is 4.90 Å². The molecule has 1 N–H and O–H groups in total. The van der Waals surface area contributed by atoms with E-state index in [2.05, 4.69) is 11.8 Å². The molecule has 0 bridgehead atoms. The number of rotatable bonds is 3. The van der Waals surface area contributed by atoms with E-state index in [1.165, 1.54) is 0 Å². The Morgan fingerprint density at radius 2 is 1.76 bits per heavy atom. The predicted molar refractivity (Wildman–Crippen MR) is 84.2 cm³/mol. The largest absolute Gasteiger partial charge is 0.395 e. The molecule has 3 heteroatoms. The van der Waals surface area contributed by atoms with Gasteiger partial charge in [0, 0.05) is 30.3 Å². The van der Waals surface area contributed by atoms with Gasteiger partial charge >= 0.3 is 0 Å². The fourth-order valence-electron chi connectivity index (χ4n) is 1.88. The lowest BCUT2D eigenvalue weighted by atomic mass is 10.1. The molecular weight excluding hydrogens is 262 g/mol. The van der Waals surface area contributed by atoms with Gasteiger partial charge in [0.15, 0.2) is 0 Å². The first kappa shape index (κ1) is 14.8. The van der Waals surface area contributed by atoms with E-state index in [1.807, 2.05) is 42.5 Å². The molecule has 0 spiro atoms. The van der Waals surface area contributed by atoms with Crippen molar-refractivity contribution in [1.82, 2.24) is 0 Å². The molecule has 0 atom stereocenters. The number of aliphatic hydroxyl groups is 1. The van der Waals surface area contributed by atoms with Crippen LogP contribution in [0.2, 0.25) is 0 Å². The van der Waals surface area contributed by atoms with Gasteiger partial charge in [-0.2, -0.15) is 0 Å². The molecule has 0 heterocycles. The summed E-state index contributed by atoms with van der Waals surface area (Å²) in [6, 6.07) is 16.7. The van der Waals surface area contributed by atoms with Crippen molar-refractivity contribution in [3.8, 4) is 11.8 Å². The summed E-state index contributed by atoms with van der Waals surface area (Å²) < 4.78 is 0. The number of aliphatic hydroxyl groups excluding tert-OH is 1. The van der Waals surface area contributed by atoms with Gasteiger partial charge in [-0.15, -0.1) is 0 Å². The maximum absolute atomic E-state index is 12.4. The van der Waals surface area contributed by atoms with Gasteiger partial charge in [0.05, 0.1) is 6.61 Å². The maximum atomic E-state index is 12.4. The Balaban J connectivity index is 2.12.